The van der Waals surface area contributed by atoms with Crippen LogP contribution in [0, 0.1) is 0 Å². The van der Waals surface area contributed by atoms with E-state index in [9.17, 15) is 34.2 Å². The van der Waals surface area contributed by atoms with Crippen LogP contribution in [-0.2, 0) is 49.8 Å². The van der Waals surface area contributed by atoms with Gasteiger partial charge in [0.05, 0.1) is 0 Å². The summed E-state index contributed by atoms with van der Waals surface area (Å²) in [7, 11) is 0. The Bertz CT molecular complexity index is 1780. The van der Waals surface area contributed by atoms with E-state index in [0.29, 0.717) is 16.9 Å². The number of alkyl carbamates (subject to hydrolysis) is 1. The zero-order chi connectivity index (χ0) is 38.0. The van der Waals surface area contributed by atoms with Crippen molar-refractivity contribution in [1.82, 2.24) is 21.3 Å². The van der Waals surface area contributed by atoms with Gasteiger partial charge in [0.1, 0.15) is 36.5 Å². The molecule has 13 heteroatoms. The molecule has 4 rings (SSSR count). The third-order valence-corrected chi connectivity index (χ3v) is 8.90. The van der Waals surface area contributed by atoms with Crippen LogP contribution in [0.4, 0.5) is 4.79 Å². The molecule has 0 heterocycles. The molecule has 278 valence electrons. The van der Waals surface area contributed by atoms with E-state index >= 15 is 0 Å². The lowest BCUT2D eigenvalue weighted by Crippen LogP contribution is -2.59. The van der Waals surface area contributed by atoms with Gasteiger partial charge in [-0.25, -0.2) is 9.59 Å². The maximum absolute atomic E-state index is 14.1. The van der Waals surface area contributed by atoms with Crippen molar-refractivity contribution in [3.8, 4) is 5.75 Å². The van der Waals surface area contributed by atoms with E-state index in [1.165, 1.54) is 23.9 Å². The number of thioether (sulfide) groups is 1. The van der Waals surface area contributed by atoms with E-state index in [2.05, 4.69) is 21.3 Å². The summed E-state index contributed by atoms with van der Waals surface area (Å²) in [5.41, 5.74) is 2.81. The second-order valence-corrected chi connectivity index (χ2v) is 13.3. The number of phenolic OH excluding ortho intramolecular Hbond substituents is 1. The first-order chi connectivity index (χ1) is 25.6. The number of rotatable bonds is 19. The van der Waals surface area contributed by atoms with Crippen molar-refractivity contribution in [1.29, 1.82) is 0 Å². The molecular weight excluding hydrogens is 697 g/mol. The lowest BCUT2D eigenvalue weighted by molar-refractivity contribution is -0.142. The Hall–Kier alpha value is -5.82. The zero-order valence-corrected chi connectivity index (χ0v) is 30.1. The Morgan fingerprint density at radius 3 is 1.40 bits per heavy atom. The lowest BCUT2D eigenvalue weighted by atomic mass is 10.0. The van der Waals surface area contributed by atoms with Crippen LogP contribution in [0.1, 0.15) is 28.7 Å². The normalized spacial score (nSPS) is 13.0. The van der Waals surface area contributed by atoms with Crippen LogP contribution in [0.25, 0.3) is 0 Å². The molecule has 0 aromatic heterocycles. The number of carbonyl (C=O) groups excluding carboxylic acids is 4. The number of aromatic hydroxyl groups is 1. The van der Waals surface area contributed by atoms with Gasteiger partial charge in [0, 0.05) is 19.3 Å². The van der Waals surface area contributed by atoms with Gasteiger partial charge in [0.15, 0.2) is 0 Å². The number of benzene rings is 4. The molecule has 0 aliphatic heterocycles. The number of carbonyl (C=O) groups is 5. The number of ether oxygens (including phenoxy) is 1. The average Bonchev–Trinajstić information content (AvgIpc) is 3.16. The monoisotopic (exact) mass is 740 g/mol. The lowest BCUT2D eigenvalue weighted by Gasteiger charge is -2.26. The summed E-state index contributed by atoms with van der Waals surface area (Å²) in [6, 6.07) is 28.3. The van der Waals surface area contributed by atoms with Gasteiger partial charge in [0.2, 0.25) is 17.7 Å². The Morgan fingerprint density at radius 1 is 0.566 bits per heavy atom. The van der Waals surface area contributed by atoms with E-state index in [1.54, 1.807) is 60.7 Å². The van der Waals surface area contributed by atoms with Crippen molar-refractivity contribution < 1.29 is 38.9 Å². The van der Waals surface area contributed by atoms with Crippen molar-refractivity contribution in [3.63, 3.8) is 0 Å². The highest BCUT2D eigenvalue weighted by Gasteiger charge is 2.32. The van der Waals surface area contributed by atoms with Crippen LogP contribution >= 0.6 is 11.8 Å². The van der Waals surface area contributed by atoms with Crippen molar-refractivity contribution in [2.75, 3.05) is 12.0 Å². The molecule has 0 bridgehead atoms. The molecule has 4 aromatic carbocycles. The molecule has 0 aliphatic carbocycles. The number of aliphatic carboxylic acids is 1. The number of carboxylic acid groups (broad SMARTS) is 1. The molecule has 0 saturated carbocycles. The minimum absolute atomic E-state index is 0.00930. The fourth-order valence-electron chi connectivity index (χ4n) is 5.41. The molecule has 4 aromatic rings. The highest BCUT2D eigenvalue weighted by molar-refractivity contribution is 7.98. The standard InChI is InChI=1S/C40H44N4O8S/c1-53-22-21-32(39(49)50)41-36(46)34(25-29-17-19-31(45)20-18-29)42-37(47)33(23-27-11-5-2-6-12-27)43-38(48)35(24-28-13-7-3-8-14-28)44-40(51)52-26-30-15-9-4-10-16-30/h2-20,32-35,45H,21-26H2,1H3,(H,41,46)(H,42,47)(H,43,48)(H,44,51)(H,49,50)/t32-,33-,34-,35?/m1/s1. The third-order valence-electron chi connectivity index (χ3n) is 8.25. The van der Waals surface area contributed by atoms with Crippen molar-refractivity contribution in [2.45, 2.75) is 56.5 Å². The molecule has 0 spiro atoms. The Balaban J connectivity index is 1.58. The Morgan fingerprint density at radius 2 is 0.962 bits per heavy atom. The van der Waals surface area contributed by atoms with Gasteiger partial charge in [-0.05, 0) is 52.8 Å². The van der Waals surface area contributed by atoms with Crippen molar-refractivity contribution in [3.05, 3.63) is 138 Å². The highest BCUT2D eigenvalue weighted by atomic mass is 32.2. The Labute approximate surface area is 312 Å². The Kier molecular flexibility index (Phi) is 15.7. The summed E-state index contributed by atoms with van der Waals surface area (Å²) in [6.45, 7) is -0.0180. The maximum Gasteiger partial charge on any atom is 0.408 e. The van der Waals surface area contributed by atoms with Crippen LogP contribution in [-0.4, -0.2) is 76.2 Å². The van der Waals surface area contributed by atoms with E-state index in [4.69, 9.17) is 4.74 Å². The quantitative estimate of drug-likeness (QED) is 0.0828. The number of carboxylic acids is 1. The minimum atomic E-state index is -1.25. The predicted octanol–water partition coefficient (Wildman–Crippen LogP) is 4.01. The summed E-state index contributed by atoms with van der Waals surface area (Å²) < 4.78 is 5.40. The zero-order valence-electron chi connectivity index (χ0n) is 29.3. The van der Waals surface area contributed by atoms with Crippen LogP contribution in [0.5, 0.6) is 5.75 Å². The number of phenols is 1. The number of nitrogens with one attached hydrogen (secondary N) is 4. The highest BCUT2D eigenvalue weighted by Crippen LogP contribution is 2.14. The van der Waals surface area contributed by atoms with Crippen molar-refractivity contribution in [2.24, 2.45) is 0 Å². The van der Waals surface area contributed by atoms with Crippen molar-refractivity contribution >= 4 is 41.5 Å². The van der Waals surface area contributed by atoms with Gasteiger partial charge in [0.25, 0.3) is 0 Å². The molecule has 6 N–H and O–H groups in total. The molecule has 0 radical (unpaired) electrons. The SMILES string of the molecule is CSCC[C@@H](NC(=O)[C@@H](Cc1ccc(O)cc1)NC(=O)[C@@H](Cc1ccccc1)NC(=O)C(Cc1ccccc1)NC(=O)OCc1ccccc1)C(=O)O. The van der Waals surface area contributed by atoms with Crippen LogP contribution in [0.15, 0.2) is 115 Å². The van der Waals surface area contributed by atoms with E-state index in [-0.39, 0.29) is 38.0 Å². The first-order valence-electron chi connectivity index (χ1n) is 17.1. The van der Waals surface area contributed by atoms with Gasteiger partial charge in [-0.15, -0.1) is 0 Å². The largest absolute Gasteiger partial charge is 0.508 e. The molecule has 0 fully saturated rings. The van der Waals surface area contributed by atoms with E-state index < -0.39 is 54.0 Å². The molecule has 4 amide bonds. The summed E-state index contributed by atoms with van der Waals surface area (Å²) in [6.07, 6.45) is 1.25. The van der Waals surface area contributed by atoms with E-state index in [0.717, 1.165) is 11.1 Å². The average molecular weight is 741 g/mol. The summed E-state index contributed by atoms with van der Waals surface area (Å²) in [4.78, 5) is 66.7. The molecule has 0 aliphatic rings. The first kappa shape index (κ1) is 40.0. The van der Waals surface area contributed by atoms with E-state index in [1.807, 2.05) is 48.7 Å². The minimum Gasteiger partial charge on any atom is -0.508 e. The molecular formula is C40H44N4O8S. The van der Waals surface area contributed by atoms with Crippen LogP contribution in [0.3, 0.4) is 0 Å². The van der Waals surface area contributed by atoms with Crippen LogP contribution in [0.2, 0.25) is 0 Å². The number of amides is 4. The summed E-state index contributed by atoms with van der Waals surface area (Å²) >= 11 is 1.43. The van der Waals surface area contributed by atoms with Gasteiger partial charge in [-0.1, -0.05) is 103 Å². The summed E-state index contributed by atoms with van der Waals surface area (Å²) in [5, 5.41) is 30.3. The second-order valence-electron chi connectivity index (χ2n) is 12.3. The third kappa shape index (κ3) is 13.7. The number of hydrogen-bond donors (Lipinski definition) is 6. The molecule has 1 unspecified atom stereocenters. The number of hydrogen-bond acceptors (Lipinski definition) is 8. The van der Waals surface area contributed by atoms with Gasteiger partial charge in [-0.3, -0.25) is 14.4 Å². The van der Waals surface area contributed by atoms with Gasteiger partial charge < -0.3 is 36.2 Å². The topological polar surface area (TPSA) is 183 Å². The molecule has 12 nitrogen and oxygen atoms in total. The fourth-order valence-corrected chi connectivity index (χ4v) is 5.88. The fraction of sp³-hybridized carbons (Fsp3) is 0.275. The van der Waals surface area contributed by atoms with Gasteiger partial charge in [-0.2, -0.15) is 11.8 Å². The smallest absolute Gasteiger partial charge is 0.408 e. The molecule has 0 saturated heterocycles. The first-order valence-corrected chi connectivity index (χ1v) is 18.5. The maximum atomic E-state index is 14.1. The second kappa shape index (κ2) is 20.9. The summed E-state index contributed by atoms with van der Waals surface area (Å²) in [5.74, 6) is -2.82. The molecule has 53 heavy (non-hydrogen) atoms. The van der Waals surface area contributed by atoms with Gasteiger partial charge >= 0.3 is 12.1 Å². The molecule has 4 atom stereocenters. The predicted molar refractivity (Wildman–Crippen MR) is 202 cm³/mol. The van der Waals surface area contributed by atoms with Crippen LogP contribution < -0.4 is 21.3 Å².